The fourth-order valence-electron chi connectivity index (χ4n) is 6.17. The highest BCUT2D eigenvalue weighted by atomic mass is 16.7. The van der Waals surface area contributed by atoms with Crippen LogP contribution in [0.15, 0.2) is 0 Å². The van der Waals surface area contributed by atoms with E-state index in [1.54, 1.807) is 6.92 Å². The topological polar surface area (TPSA) is 128 Å². The van der Waals surface area contributed by atoms with Gasteiger partial charge in [-0.1, -0.05) is 6.92 Å². The molecule has 160 valence electrons. The maximum absolute atomic E-state index is 12.8. The van der Waals surface area contributed by atoms with Crippen molar-refractivity contribution >= 4 is 5.91 Å². The van der Waals surface area contributed by atoms with E-state index in [1.807, 2.05) is 0 Å². The molecule has 4 saturated carbocycles. The van der Waals surface area contributed by atoms with Gasteiger partial charge in [-0.15, -0.1) is 0 Å². The van der Waals surface area contributed by atoms with Gasteiger partial charge >= 0.3 is 0 Å². The highest BCUT2D eigenvalue weighted by molar-refractivity contribution is 5.79. The molecule has 5 rings (SSSR count). The van der Waals surface area contributed by atoms with Crippen LogP contribution in [0.4, 0.5) is 0 Å². The van der Waals surface area contributed by atoms with Crippen LogP contribution in [0.25, 0.3) is 0 Å². The molecule has 5 aliphatic rings. The quantitative estimate of drug-likeness (QED) is 0.408. The standard InChI is InChI=1S/C20H33NO7/c1-10(9-27-19-17(25)16(24)15(23)14(8-22)28-19)18(26)21-20-5-11-2-12(6-20)4-13(3-11)7-20/h10-17,19,22-25H,2-9H2,1H3,(H,21,26)/t10-,11?,12?,13?,14+,15-,16-,17+,19-,20?/m0/s1. The highest BCUT2D eigenvalue weighted by Crippen LogP contribution is 2.55. The van der Waals surface area contributed by atoms with Crippen LogP contribution in [0.2, 0.25) is 0 Å². The van der Waals surface area contributed by atoms with Gasteiger partial charge in [0.1, 0.15) is 24.4 Å². The Morgan fingerprint density at radius 2 is 1.64 bits per heavy atom. The Balaban J connectivity index is 1.30. The molecule has 6 atom stereocenters. The number of ether oxygens (including phenoxy) is 2. The molecular formula is C20H33NO7. The first-order valence-corrected chi connectivity index (χ1v) is 10.5. The Labute approximate surface area is 165 Å². The summed E-state index contributed by atoms with van der Waals surface area (Å²) in [5.41, 5.74) is -0.0662. The smallest absolute Gasteiger partial charge is 0.225 e. The van der Waals surface area contributed by atoms with Gasteiger partial charge in [0, 0.05) is 5.54 Å². The van der Waals surface area contributed by atoms with Gasteiger partial charge in [-0.25, -0.2) is 0 Å². The number of nitrogens with one attached hydrogen (secondary N) is 1. The van der Waals surface area contributed by atoms with E-state index < -0.39 is 43.2 Å². The lowest BCUT2D eigenvalue weighted by Gasteiger charge is -2.57. The van der Waals surface area contributed by atoms with E-state index in [1.165, 1.54) is 19.3 Å². The molecule has 4 bridgehead atoms. The molecule has 8 nitrogen and oxygen atoms in total. The van der Waals surface area contributed by atoms with E-state index in [0.717, 1.165) is 37.0 Å². The summed E-state index contributed by atoms with van der Waals surface area (Å²) in [6.07, 6.45) is 0.590. The number of aliphatic hydroxyl groups excluding tert-OH is 4. The monoisotopic (exact) mass is 399 g/mol. The lowest BCUT2D eigenvalue weighted by atomic mass is 9.53. The van der Waals surface area contributed by atoms with E-state index in [0.29, 0.717) is 0 Å². The van der Waals surface area contributed by atoms with Crippen LogP contribution in [0.5, 0.6) is 0 Å². The van der Waals surface area contributed by atoms with Crippen molar-refractivity contribution in [3.8, 4) is 0 Å². The van der Waals surface area contributed by atoms with E-state index in [9.17, 15) is 25.2 Å². The largest absolute Gasteiger partial charge is 0.394 e. The highest BCUT2D eigenvalue weighted by Gasteiger charge is 2.52. The van der Waals surface area contributed by atoms with Crippen molar-refractivity contribution in [2.45, 2.75) is 81.7 Å². The molecule has 8 heteroatoms. The minimum atomic E-state index is -1.48. The fourth-order valence-corrected chi connectivity index (χ4v) is 6.17. The van der Waals surface area contributed by atoms with E-state index in [4.69, 9.17) is 9.47 Å². The normalized spacial score (nSPS) is 48.5. The summed E-state index contributed by atoms with van der Waals surface area (Å²) in [5.74, 6) is 1.72. The van der Waals surface area contributed by atoms with Crippen molar-refractivity contribution in [3.05, 3.63) is 0 Å². The van der Waals surface area contributed by atoms with Gasteiger partial charge in [-0.2, -0.15) is 0 Å². The predicted molar refractivity (Wildman–Crippen MR) is 97.9 cm³/mol. The van der Waals surface area contributed by atoms with Gasteiger partial charge in [0.05, 0.1) is 19.1 Å². The van der Waals surface area contributed by atoms with Crippen molar-refractivity contribution < 1.29 is 34.7 Å². The summed E-state index contributed by atoms with van der Waals surface area (Å²) in [5, 5.41) is 42.2. The summed E-state index contributed by atoms with van der Waals surface area (Å²) >= 11 is 0. The average molecular weight is 399 g/mol. The maximum Gasteiger partial charge on any atom is 0.225 e. The summed E-state index contributed by atoms with van der Waals surface area (Å²) in [7, 11) is 0. The fraction of sp³-hybridized carbons (Fsp3) is 0.950. The van der Waals surface area contributed by atoms with Crippen molar-refractivity contribution in [1.82, 2.24) is 5.32 Å². The van der Waals surface area contributed by atoms with Crippen molar-refractivity contribution in [2.75, 3.05) is 13.2 Å². The van der Waals surface area contributed by atoms with Crippen LogP contribution in [0.1, 0.15) is 45.4 Å². The van der Waals surface area contributed by atoms with Gasteiger partial charge in [0.15, 0.2) is 6.29 Å². The van der Waals surface area contributed by atoms with Crippen molar-refractivity contribution in [3.63, 3.8) is 0 Å². The van der Waals surface area contributed by atoms with E-state index in [2.05, 4.69) is 5.32 Å². The predicted octanol–water partition coefficient (Wildman–Crippen LogP) is -0.476. The molecular weight excluding hydrogens is 366 g/mol. The van der Waals surface area contributed by atoms with E-state index in [-0.39, 0.29) is 18.1 Å². The van der Waals surface area contributed by atoms with E-state index >= 15 is 0 Å². The van der Waals surface area contributed by atoms with Crippen LogP contribution in [-0.2, 0) is 14.3 Å². The number of amides is 1. The third-order valence-electron chi connectivity index (χ3n) is 7.23. The Morgan fingerprint density at radius 3 is 2.18 bits per heavy atom. The summed E-state index contributed by atoms with van der Waals surface area (Å²) in [6.45, 7) is 1.27. The van der Waals surface area contributed by atoms with Gasteiger partial charge in [-0.05, 0) is 56.3 Å². The van der Waals surface area contributed by atoms with Crippen LogP contribution in [0.3, 0.4) is 0 Å². The minimum absolute atomic E-state index is 0.0148. The molecule has 0 spiro atoms. The number of hydrogen-bond acceptors (Lipinski definition) is 7. The SMILES string of the molecule is C[C@@H](CO[C@H]1O[C@H](CO)[C@H](O)[C@H](O)[C@H]1O)C(=O)NC12CC3CC(CC(C3)C1)C2. The number of aliphatic hydroxyl groups is 4. The Morgan fingerprint density at radius 1 is 1.07 bits per heavy atom. The molecule has 0 radical (unpaired) electrons. The molecule has 1 saturated heterocycles. The molecule has 0 aromatic carbocycles. The number of rotatable bonds is 6. The first-order valence-electron chi connectivity index (χ1n) is 10.5. The maximum atomic E-state index is 12.8. The van der Waals surface area contributed by atoms with Crippen LogP contribution >= 0.6 is 0 Å². The van der Waals surface area contributed by atoms with Crippen LogP contribution in [0, 0.1) is 23.7 Å². The molecule has 1 heterocycles. The van der Waals surface area contributed by atoms with Crippen molar-refractivity contribution in [2.24, 2.45) is 23.7 Å². The zero-order valence-corrected chi connectivity index (χ0v) is 16.4. The van der Waals surface area contributed by atoms with Gasteiger partial charge in [-0.3, -0.25) is 4.79 Å². The van der Waals surface area contributed by atoms with Crippen LogP contribution in [-0.4, -0.2) is 75.8 Å². The lowest BCUT2D eigenvalue weighted by molar-refractivity contribution is -0.302. The summed E-state index contributed by atoms with van der Waals surface area (Å²) in [6, 6.07) is 0. The molecule has 0 unspecified atom stereocenters. The summed E-state index contributed by atoms with van der Waals surface area (Å²) in [4.78, 5) is 12.8. The minimum Gasteiger partial charge on any atom is -0.394 e. The third kappa shape index (κ3) is 3.82. The molecule has 4 aliphatic carbocycles. The lowest BCUT2D eigenvalue weighted by Crippen LogP contribution is -2.61. The first-order chi connectivity index (χ1) is 13.3. The zero-order chi connectivity index (χ0) is 20.1. The molecule has 5 N–H and O–H groups in total. The summed E-state index contributed by atoms with van der Waals surface area (Å²) < 4.78 is 10.9. The second kappa shape index (κ2) is 7.81. The molecule has 0 aromatic rings. The van der Waals surface area contributed by atoms with Gasteiger partial charge in [0.2, 0.25) is 5.91 Å². The van der Waals surface area contributed by atoms with Crippen LogP contribution < -0.4 is 5.32 Å². The molecule has 1 aliphatic heterocycles. The number of carbonyl (C=O) groups excluding carboxylic acids is 1. The Hall–Kier alpha value is -0.770. The van der Waals surface area contributed by atoms with Gasteiger partial charge < -0.3 is 35.2 Å². The number of hydrogen-bond donors (Lipinski definition) is 5. The molecule has 0 aromatic heterocycles. The zero-order valence-electron chi connectivity index (χ0n) is 16.4. The number of carbonyl (C=O) groups is 1. The average Bonchev–Trinajstić information content (AvgIpc) is 2.64. The molecule has 1 amide bonds. The Kier molecular flexibility index (Phi) is 5.72. The van der Waals surface area contributed by atoms with Crippen molar-refractivity contribution in [1.29, 1.82) is 0 Å². The molecule has 28 heavy (non-hydrogen) atoms. The second-order valence-electron chi connectivity index (χ2n) is 9.62. The second-order valence-corrected chi connectivity index (χ2v) is 9.62. The van der Waals surface area contributed by atoms with Gasteiger partial charge in [0.25, 0.3) is 0 Å². The third-order valence-corrected chi connectivity index (χ3v) is 7.23. The first kappa shape index (κ1) is 20.5. The molecule has 5 fully saturated rings. The Bertz CT molecular complexity index is 548.